The van der Waals surface area contributed by atoms with Crippen LogP contribution in [0.15, 0.2) is 24.4 Å². The van der Waals surface area contributed by atoms with Gasteiger partial charge >= 0.3 is 5.97 Å². The molecule has 2 fully saturated rings. The Kier molecular flexibility index (Phi) is 13.2. The number of carbonyl (C=O) groups is 4. The van der Waals surface area contributed by atoms with Gasteiger partial charge in [0, 0.05) is 48.5 Å². The van der Waals surface area contributed by atoms with Crippen molar-refractivity contribution in [1.29, 1.82) is 0 Å². The van der Waals surface area contributed by atoms with Gasteiger partial charge in [0.2, 0.25) is 17.8 Å². The third-order valence-electron chi connectivity index (χ3n) is 10.8. The van der Waals surface area contributed by atoms with E-state index in [-0.39, 0.29) is 46.0 Å². The number of nitrogens with zero attached hydrogens (tertiary/aromatic N) is 5. The van der Waals surface area contributed by atoms with Crippen LogP contribution in [0.25, 0.3) is 0 Å². The van der Waals surface area contributed by atoms with Crippen molar-refractivity contribution in [2.75, 3.05) is 56.0 Å². The molecule has 1 aliphatic carbocycles. The molecule has 0 radical (unpaired) electrons. The number of anilines is 4. The number of methoxy groups -OCH3 is 2. The Morgan fingerprint density at radius 2 is 1.81 bits per heavy atom. The van der Waals surface area contributed by atoms with Crippen LogP contribution < -0.4 is 30.5 Å². The predicted molar refractivity (Wildman–Crippen MR) is 211 cm³/mol. The minimum Gasteiger partial charge on any atom is -0.495 e. The summed E-state index contributed by atoms with van der Waals surface area (Å²) < 4.78 is 10.6. The van der Waals surface area contributed by atoms with Gasteiger partial charge in [0.05, 0.1) is 26.1 Å². The van der Waals surface area contributed by atoms with Gasteiger partial charge in [-0.15, -0.1) is 0 Å². The predicted octanol–water partition coefficient (Wildman–Crippen LogP) is 5.54. The fourth-order valence-electron chi connectivity index (χ4n) is 8.13. The van der Waals surface area contributed by atoms with Gasteiger partial charge in [-0.05, 0) is 82.5 Å². The van der Waals surface area contributed by atoms with E-state index in [1.54, 1.807) is 50.4 Å². The van der Waals surface area contributed by atoms with Crippen molar-refractivity contribution in [3.63, 3.8) is 0 Å². The van der Waals surface area contributed by atoms with Gasteiger partial charge in [0.15, 0.2) is 5.82 Å². The molecule has 5 rings (SSSR count). The molecule has 3 heterocycles. The standard InChI is InChI=1S/C39H58N8O6.3H2/c1-8-30-36(50)45(5)31-24-40-38(43-34(31)47(30)28-12-9-10-13-28)42-29-16-15-26(22-32(29)52-6)35(49)41-27-17-20-46(21-18-27)19-11-14-33(48)44-39(4,23-25(2)3)37(51)53-7;;;/h15-16,22,24-25,27-28,30H,8-14,17-21,23H2,1-7H3,(H,41,49)(H,44,48)(H,40,42,43);3*1H/t30-,39?;;;/m1.../s1. The lowest BCUT2D eigenvalue weighted by Gasteiger charge is -2.43. The molecule has 1 saturated heterocycles. The van der Waals surface area contributed by atoms with Crippen molar-refractivity contribution < 1.29 is 32.9 Å². The number of piperidine rings is 1. The number of hydrogen-bond acceptors (Lipinski definition) is 11. The quantitative estimate of drug-likeness (QED) is 0.197. The maximum Gasteiger partial charge on any atom is 0.331 e. The van der Waals surface area contributed by atoms with E-state index < -0.39 is 11.5 Å². The zero-order valence-corrected chi connectivity index (χ0v) is 32.5. The lowest BCUT2D eigenvalue weighted by molar-refractivity contribution is -0.151. The van der Waals surface area contributed by atoms with Crippen molar-refractivity contribution in [1.82, 2.24) is 25.5 Å². The Hall–Kier alpha value is -4.46. The van der Waals surface area contributed by atoms with Crippen LogP contribution in [0.3, 0.4) is 0 Å². The third-order valence-corrected chi connectivity index (χ3v) is 10.8. The maximum atomic E-state index is 13.3. The molecule has 3 N–H and O–H groups in total. The first-order chi connectivity index (χ1) is 25.4. The number of benzene rings is 1. The fourth-order valence-corrected chi connectivity index (χ4v) is 8.13. The first kappa shape index (κ1) is 39.7. The zero-order valence-electron chi connectivity index (χ0n) is 32.5. The second kappa shape index (κ2) is 17.6. The van der Waals surface area contributed by atoms with E-state index in [9.17, 15) is 19.2 Å². The number of rotatable bonds is 15. The number of carbonyl (C=O) groups excluding carboxylic acids is 4. The second-order valence-corrected chi connectivity index (χ2v) is 15.3. The summed E-state index contributed by atoms with van der Waals surface area (Å²) in [6.07, 6.45) is 9.86. The molecule has 3 aliphatic rings. The molecule has 3 amide bonds. The summed E-state index contributed by atoms with van der Waals surface area (Å²) in [7, 11) is 4.69. The van der Waals surface area contributed by atoms with E-state index in [1.165, 1.54) is 7.11 Å². The second-order valence-electron chi connectivity index (χ2n) is 15.3. The lowest BCUT2D eigenvalue weighted by Crippen LogP contribution is -2.55. The van der Waals surface area contributed by atoms with E-state index in [0.29, 0.717) is 54.3 Å². The van der Waals surface area contributed by atoms with Gasteiger partial charge in [-0.25, -0.2) is 9.78 Å². The molecule has 2 aromatic rings. The van der Waals surface area contributed by atoms with Crippen LogP contribution in [-0.4, -0.2) is 103 Å². The molecule has 1 unspecified atom stereocenters. The van der Waals surface area contributed by atoms with Gasteiger partial charge in [-0.1, -0.05) is 33.6 Å². The summed E-state index contributed by atoms with van der Waals surface area (Å²) in [6, 6.07) is 5.31. The molecule has 2 aliphatic heterocycles. The Balaban J connectivity index is 0.00000361. The highest BCUT2D eigenvalue weighted by atomic mass is 16.5. The van der Waals surface area contributed by atoms with Crippen LogP contribution in [0.4, 0.5) is 23.1 Å². The third kappa shape index (κ3) is 9.38. The van der Waals surface area contributed by atoms with Crippen molar-refractivity contribution in [2.24, 2.45) is 5.92 Å². The molecule has 53 heavy (non-hydrogen) atoms. The van der Waals surface area contributed by atoms with E-state index in [0.717, 1.165) is 64.0 Å². The van der Waals surface area contributed by atoms with Gasteiger partial charge < -0.3 is 40.1 Å². The molecular formula is C39H64N8O6. The van der Waals surface area contributed by atoms with Crippen molar-refractivity contribution >= 4 is 46.8 Å². The molecule has 2 atom stereocenters. The van der Waals surface area contributed by atoms with Crippen LogP contribution in [0.1, 0.15) is 107 Å². The van der Waals surface area contributed by atoms with E-state index in [2.05, 4.69) is 30.7 Å². The molecular weight excluding hydrogens is 676 g/mol. The molecule has 1 aromatic heterocycles. The molecule has 1 aromatic carbocycles. The van der Waals surface area contributed by atoms with Gasteiger partial charge in [-0.3, -0.25) is 14.4 Å². The number of aromatic nitrogens is 2. The first-order valence-electron chi connectivity index (χ1n) is 19.2. The van der Waals surface area contributed by atoms with Crippen molar-refractivity contribution in [2.45, 2.75) is 116 Å². The first-order valence-corrected chi connectivity index (χ1v) is 19.2. The number of amides is 3. The van der Waals surface area contributed by atoms with E-state index in [4.69, 9.17) is 14.5 Å². The van der Waals surface area contributed by atoms with Crippen LogP contribution in [0, 0.1) is 5.92 Å². The summed E-state index contributed by atoms with van der Waals surface area (Å²) >= 11 is 0. The monoisotopic (exact) mass is 740 g/mol. The van der Waals surface area contributed by atoms with Crippen molar-refractivity contribution in [3.8, 4) is 5.75 Å². The smallest absolute Gasteiger partial charge is 0.331 e. The summed E-state index contributed by atoms with van der Waals surface area (Å²) in [5.41, 5.74) is 0.776. The molecule has 14 nitrogen and oxygen atoms in total. The topological polar surface area (TPSA) is 158 Å². The van der Waals surface area contributed by atoms with Crippen LogP contribution >= 0.6 is 0 Å². The van der Waals surface area contributed by atoms with Crippen LogP contribution in [0.2, 0.25) is 0 Å². The molecule has 1 saturated carbocycles. The summed E-state index contributed by atoms with van der Waals surface area (Å²) in [6.45, 7) is 10.2. The molecule has 0 bridgehead atoms. The van der Waals surface area contributed by atoms with E-state index in [1.807, 2.05) is 20.8 Å². The Bertz CT molecular complexity index is 1640. The largest absolute Gasteiger partial charge is 0.495 e. The average Bonchev–Trinajstić information content (AvgIpc) is 3.67. The number of esters is 1. The molecule has 14 heteroatoms. The SMILES string of the molecule is CC[C@@H]1C(=O)N(C)c2cnc(Nc3ccc(C(=O)NC4CCN(CCCC(=O)NC(C)(CC(C)C)C(=O)OC)CC4)cc3OC)nc2N1C1CCCC1.[HH].[HH].[HH]. The maximum absolute atomic E-state index is 13.3. The van der Waals surface area contributed by atoms with Crippen molar-refractivity contribution in [3.05, 3.63) is 30.0 Å². The van der Waals surface area contributed by atoms with E-state index >= 15 is 0 Å². The molecule has 0 spiro atoms. The number of hydrogen-bond donors (Lipinski definition) is 3. The molecule has 296 valence electrons. The Labute approximate surface area is 318 Å². The zero-order chi connectivity index (χ0) is 38.3. The highest BCUT2D eigenvalue weighted by molar-refractivity contribution is 6.04. The Morgan fingerprint density at radius 1 is 1.09 bits per heavy atom. The lowest BCUT2D eigenvalue weighted by atomic mass is 9.90. The van der Waals surface area contributed by atoms with Gasteiger partial charge in [0.1, 0.15) is 23.0 Å². The minimum atomic E-state index is -1.04. The summed E-state index contributed by atoms with van der Waals surface area (Å²) in [5.74, 6) is 1.16. The average molecular weight is 741 g/mol. The highest BCUT2D eigenvalue weighted by Gasteiger charge is 2.41. The number of fused-ring (bicyclic) bond motifs is 1. The van der Waals surface area contributed by atoms with Crippen LogP contribution in [-0.2, 0) is 19.1 Å². The highest BCUT2D eigenvalue weighted by Crippen LogP contribution is 2.40. The Morgan fingerprint density at radius 3 is 2.45 bits per heavy atom. The minimum absolute atomic E-state index is 0. The summed E-state index contributed by atoms with van der Waals surface area (Å²) in [4.78, 5) is 67.3. The number of likely N-dealkylation sites (tertiary alicyclic amines) is 1. The summed E-state index contributed by atoms with van der Waals surface area (Å²) in [5, 5.41) is 9.36. The fraction of sp³-hybridized carbons (Fsp3) is 0.641. The van der Waals surface area contributed by atoms with Gasteiger partial charge in [0.25, 0.3) is 5.91 Å². The number of ether oxygens (including phenoxy) is 2. The number of likely N-dealkylation sites (N-methyl/N-ethyl adjacent to an activating group) is 1. The normalized spacial score (nSPS) is 19.5. The van der Waals surface area contributed by atoms with Crippen LogP contribution in [0.5, 0.6) is 5.75 Å². The number of nitrogens with one attached hydrogen (secondary N) is 3. The van der Waals surface area contributed by atoms with Gasteiger partial charge in [-0.2, -0.15) is 4.98 Å².